The Morgan fingerprint density at radius 3 is 2.39 bits per heavy atom. The standard InChI is InChI=1S/C14H10F2O2/c15-12-7-6-10(8-13(12)16)9-14(17)18-11-4-2-1-3-5-11/h1-8H,9H2. The third-order valence-corrected chi connectivity index (χ3v) is 2.31. The van der Waals surface area contributed by atoms with Gasteiger partial charge in [0.2, 0.25) is 0 Å². The van der Waals surface area contributed by atoms with E-state index in [1.54, 1.807) is 30.3 Å². The monoisotopic (exact) mass is 248 g/mol. The van der Waals surface area contributed by atoms with Crippen molar-refractivity contribution in [2.45, 2.75) is 6.42 Å². The third kappa shape index (κ3) is 3.13. The molecule has 0 saturated carbocycles. The third-order valence-electron chi connectivity index (χ3n) is 2.31. The van der Waals surface area contributed by atoms with Crippen LogP contribution in [0, 0.1) is 11.6 Å². The Morgan fingerprint density at radius 2 is 1.72 bits per heavy atom. The quantitative estimate of drug-likeness (QED) is 0.616. The molecule has 0 saturated heterocycles. The van der Waals surface area contributed by atoms with E-state index in [4.69, 9.17) is 4.74 Å². The second-order valence-electron chi connectivity index (χ2n) is 3.71. The Bertz CT molecular complexity index is 553. The fraction of sp³-hybridized carbons (Fsp3) is 0.0714. The van der Waals surface area contributed by atoms with Gasteiger partial charge in [0.1, 0.15) is 5.75 Å². The second kappa shape index (κ2) is 5.40. The van der Waals surface area contributed by atoms with E-state index in [0.717, 1.165) is 12.1 Å². The van der Waals surface area contributed by atoms with Gasteiger partial charge in [-0.25, -0.2) is 8.78 Å². The molecule has 0 spiro atoms. The molecule has 0 atom stereocenters. The molecule has 0 amide bonds. The smallest absolute Gasteiger partial charge is 0.315 e. The van der Waals surface area contributed by atoms with Crippen molar-refractivity contribution < 1.29 is 18.3 Å². The lowest BCUT2D eigenvalue weighted by Crippen LogP contribution is -2.11. The highest BCUT2D eigenvalue weighted by molar-refractivity contribution is 5.75. The van der Waals surface area contributed by atoms with Crippen molar-refractivity contribution in [1.29, 1.82) is 0 Å². The topological polar surface area (TPSA) is 26.3 Å². The Kier molecular flexibility index (Phi) is 3.67. The van der Waals surface area contributed by atoms with E-state index in [1.165, 1.54) is 6.07 Å². The van der Waals surface area contributed by atoms with Gasteiger partial charge in [-0.2, -0.15) is 0 Å². The van der Waals surface area contributed by atoms with E-state index in [0.29, 0.717) is 11.3 Å². The van der Waals surface area contributed by atoms with Crippen molar-refractivity contribution >= 4 is 5.97 Å². The van der Waals surface area contributed by atoms with Crippen LogP contribution in [0.1, 0.15) is 5.56 Å². The second-order valence-corrected chi connectivity index (χ2v) is 3.71. The minimum atomic E-state index is -0.972. The van der Waals surface area contributed by atoms with E-state index in [1.807, 2.05) is 0 Å². The summed E-state index contributed by atoms with van der Waals surface area (Å²) in [6, 6.07) is 11.9. The number of rotatable bonds is 3. The Balaban J connectivity index is 2.01. The first kappa shape index (κ1) is 12.2. The van der Waals surface area contributed by atoms with E-state index in [2.05, 4.69) is 0 Å². The molecule has 2 rings (SSSR count). The largest absolute Gasteiger partial charge is 0.426 e. The lowest BCUT2D eigenvalue weighted by Gasteiger charge is -2.04. The Hall–Kier alpha value is -2.23. The van der Waals surface area contributed by atoms with Crippen LogP contribution < -0.4 is 4.74 Å². The van der Waals surface area contributed by atoms with Gasteiger partial charge in [-0.05, 0) is 29.8 Å². The molecule has 0 radical (unpaired) electrons. The Labute approximate surface area is 103 Å². The summed E-state index contributed by atoms with van der Waals surface area (Å²) in [5.41, 5.74) is 0.370. The van der Waals surface area contributed by atoms with Crippen molar-refractivity contribution in [3.8, 4) is 5.75 Å². The van der Waals surface area contributed by atoms with Gasteiger partial charge in [-0.1, -0.05) is 24.3 Å². The molecule has 2 nitrogen and oxygen atoms in total. The van der Waals surface area contributed by atoms with Crippen LogP contribution in [0.4, 0.5) is 8.78 Å². The summed E-state index contributed by atoms with van der Waals surface area (Å²) in [7, 11) is 0. The van der Waals surface area contributed by atoms with Crippen LogP contribution in [-0.2, 0) is 11.2 Å². The Morgan fingerprint density at radius 1 is 1.00 bits per heavy atom. The van der Waals surface area contributed by atoms with Crippen LogP contribution in [0.5, 0.6) is 5.75 Å². The predicted octanol–water partition coefficient (Wildman–Crippen LogP) is 3.11. The van der Waals surface area contributed by atoms with Crippen LogP contribution in [0.3, 0.4) is 0 Å². The molecule has 2 aromatic carbocycles. The first-order valence-corrected chi connectivity index (χ1v) is 5.35. The minimum absolute atomic E-state index is 0.105. The maximum absolute atomic E-state index is 12.9. The van der Waals surface area contributed by atoms with Crippen molar-refractivity contribution in [2.24, 2.45) is 0 Å². The zero-order chi connectivity index (χ0) is 13.0. The highest BCUT2D eigenvalue weighted by Gasteiger charge is 2.09. The molecule has 18 heavy (non-hydrogen) atoms. The number of hydrogen-bond acceptors (Lipinski definition) is 2. The molecule has 0 aliphatic carbocycles. The van der Waals surface area contributed by atoms with Crippen molar-refractivity contribution in [3.63, 3.8) is 0 Å². The van der Waals surface area contributed by atoms with E-state index in [9.17, 15) is 13.6 Å². The summed E-state index contributed by atoms with van der Waals surface area (Å²) in [6.07, 6.45) is -0.105. The molecule has 0 aliphatic heterocycles. The fourth-order valence-electron chi connectivity index (χ4n) is 1.47. The normalized spacial score (nSPS) is 10.1. The van der Waals surface area contributed by atoms with Gasteiger partial charge in [-0.15, -0.1) is 0 Å². The van der Waals surface area contributed by atoms with E-state index in [-0.39, 0.29) is 6.42 Å². The maximum Gasteiger partial charge on any atom is 0.315 e. The molecule has 92 valence electrons. The van der Waals surface area contributed by atoms with Gasteiger partial charge in [-0.3, -0.25) is 4.79 Å². The molecule has 0 aromatic heterocycles. The molecular formula is C14H10F2O2. The molecule has 4 heteroatoms. The number of ether oxygens (including phenoxy) is 1. The van der Waals surface area contributed by atoms with Crippen molar-refractivity contribution in [2.75, 3.05) is 0 Å². The highest BCUT2D eigenvalue weighted by atomic mass is 19.2. The number of benzene rings is 2. The molecule has 0 bridgehead atoms. The van der Waals surface area contributed by atoms with Gasteiger partial charge in [0.15, 0.2) is 11.6 Å². The first-order chi connectivity index (χ1) is 8.65. The summed E-state index contributed by atoms with van der Waals surface area (Å²) in [5.74, 6) is -2.01. The summed E-state index contributed by atoms with van der Waals surface area (Å²) >= 11 is 0. The fourth-order valence-corrected chi connectivity index (χ4v) is 1.47. The molecule has 0 N–H and O–H groups in total. The zero-order valence-electron chi connectivity index (χ0n) is 9.40. The maximum atomic E-state index is 12.9. The van der Waals surface area contributed by atoms with Crippen LogP contribution in [0.15, 0.2) is 48.5 Å². The van der Waals surface area contributed by atoms with Gasteiger partial charge >= 0.3 is 5.97 Å². The number of hydrogen-bond donors (Lipinski definition) is 0. The molecule has 2 aromatic rings. The van der Waals surface area contributed by atoms with E-state index < -0.39 is 17.6 Å². The number of para-hydroxylation sites is 1. The highest BCUT2D eigenvalue weighted by Crippen LogP contribution is 2.12. The SMILES string of the molecule is O=C(Cc1ccc(F)c(F)c1)Oc1ccccc1. The van der Waals surface area contributed by atoms with Gasteiger partial charge in [0.25, 0.3) is 0 Å². The summed E-state index contributed by atoms with van der Waals surface area (Å²) in [6.45, 7) is 0. The first-order valence-electron chi connectivity index (χ1n) is 5.35. The van der Waals surface area contributed by atoms with Crippen LogP contribution in [0.25, 0.3) is 0 Å². The summed E-state index contributed by atoms with van der Waals surface area (Å²) < 4.78 is 30.7. The van der Waals surface area contributed by atoms with Crippen molar-refractivity contribution in [3.05, 3.63) is 65.7 Å². The molecule has 0 unspecified atom stereocenters. The van der Waals surface area contributed by atoms with Crippen LogP contribution >= 0.6 is 0 Å². The molecule has 0 fully saturated rings. The summed E-state index contributed by atoms with van der Waals surface area (Å²) in [4.78, 5) is 11.5. The van der Waals surface area contributed by atoms with E-state index >= 15 is 0 Å². The number of halogens is 2. The average Bonchev–Trinajstić information content (AvgIpc) is 2.35. The predicted molar refractivity (Wildman–Crippen MR) is 62.1 cm³/mol. The number of carbonyl (C=O) groups is 1. The number of esters is 1. The zero-order valence-corrected chi connectivity index (χ0v) is 9.40. The number of carbonyl (C=O) groups excluding carboxylic acids is 1. The lowest BCUT2D eigenvalue weighted by atomic mass is 10.1. The van der Waals surface area contributed by atoms with Gasteiger partial charge in [0, 0.05) is 0 Å². The van der Waals surface area contributed by atoms with Gasteiger partial charge in [0.05, 0.1) is 6.42 Å². The minimum Gasteiger partial charge on any atom is -0.426 e. The van der Waals surface area contributed by atoms with Crippen molar-refractivity contribution in [1.82, 2.24) is 0 Å². The van der Waals surface area contributed by atoms with Crippen LogP contribution in [-0.4, -0.2) is 5.97 Å². The van der Waals surface area contributed by atoms with Crippen LogP contribution in [0.2, 0.25) is 0 Å². The lowest BCUT2D eigenvalue weighted by molar-refractivity contribution is -0.133. The molecule has 0 heterocycles. The molecular weight excluding hydrogens is 238 g/mol. The summed E-state index contributed by atoms with van der Waals surface area (Å²) in [5, 5.41) is 0. The average molecular weight is 248 g/mol. The van der Waals surface area contributed by atoms with Gasteiger partial charge < -0.3 is 4.74 Å². The molecule has 0 aliphatic rings.